The summed E-state index contributed by atoms with van der Waals surface area (Å²) in [5.74, 6) is 2.66. The van der Waals surface area contributed by atoms with Gasteiger partial charge in [0.1, 0.15) is 0 Å². The van der Waals surface area contributed by atoms with Crippen LogP contribution in [0, 0.1) is 12.3 Å². The van der Waals surface area contributed by atoms with Crippen molar-refractivity contribution in [2.45, 2.75) is 12.8 Å². The highest BCUT2D eigenvalue weighted by Gasteiger charge is 2.11. The first-order chi connectivity index (χ1) is 6.31. The van der Waals surface area contributed by atoms with Crippen LogP contribution in [0.1, 0.15) is 17.5 Å². The van der Waals surface area contributed by atoms with Crippen molar-refractivity contribution in [2.75, 3.05) is 11.9 Å². The van der Waals surface area contributed by atoms with E-state index in [4.69, 9.17) is 6.42 Å². The molecule has 0 atom stereocenters. The molecule has 0 aliphatic carbocycles. The summed E-state index contributed by atoms with van der Waals surface area (Å²) in [5.41, 5.74) is 3.49. The summed E-state index contributed by atoms with van der Waals surface area (Å²) in [4.78, 5) is 0. The van der Waals surface area contributed by atoms with Gasteiger partial charge in [-0.1, -0.05) is 5.92 Å². The number of terminal acetylenes is 1. The molecule has 0 aromatic heterocycles. The molecule has 0 spiro atoms. The second-order valence-corrected chi connectivity index (χ2v) is 4.02. The zero-order valence-electron chi connectivity index (χ0n) is 7.23. The molecule has 0 saturated carbocycles. The van der Waals surface area contributed by atoms with Gasteiger partial charge in [-0.05, 0) is 46.5 Å². The number of nitrogens with one attached hydrogen (secondary N) is 1. The summed E-state index contributed by atoms with van der Waals surface area (Å²) in [6, 6.07) is 4.07. The van der Waals surface area contributed by atoms with Crippen molar-refractivity contribution in [2.24, 2.45) is 0 Å². The van der Waals surface area contributed by atoms with Crippen LogP contribution in [0.5, 0.6) is 0 Å². The zero-order chi connectivity index (χ0) is 9.26. The van der Waals surface area contributed by atoms with Gasteiger partial charge in [0.05, 0.1) is 5.69 Å². The molecule has 1 nitrogen and oxygen atoms in total. The van der Waals surface area contributed by atoms with E-state index in [1.165, 1.54) is 17.7 Å². The van der Waals surface area contributed by atoms with Crippen LogP contribution in [0.3, 0.4) is 0 Å². The van der Waals surface area contributed by atoms with Crippen LogP contribution in [0.15, 0.2) is 16.6 Å². The van der Waals surface area contributed by atoms with Gasteiger partial charge in [0, 0.05) is 16.6 Å². The van der Waals surface area contributed by atoms with E-state index in [9.17, 15) is 0 Å². The molecule has 0 amide bonds. The highest BCUT2D eigenvalue weighted by Crippen LogP contribution is 2.31. The molecule has 1 aromatic carbocycles. The van der Waals surface area contributed by atoms with Crippen molar-refractivity contribution in [3.8, 4) is 12.3 Å². The third-order valence-corrected chi connectivity index (χ3v) is 2.89. The van der Waals surface area contributed by atoms with Gasteiger partial charge < -0.3 is 5.32 Å². The molecule has 1 aliphatic rings. The Morgan fingerprint density at radius 3 is 3.08 bits per heavy atom. The molecule has 66 valence electrons. The van der Waals surface area contributed by atoms with Crippen LogP contribution < -0.4 is 5.32 Å². The third kappa shape index (κ3) is 1.57. The van der Waals surface area contributed by atoms with E-state index in [1.54, 1.807) is 0 Å². The second kappa shape index (κ2) is 3.43. The van der Waals surface area contributed by atoms with E-state index in [0.717, 1.165) is 23.0 Å². The first-order valence-electron chi connectivity index (χ1n) is 4.34. The second-order valence-electron chi connectivity index (χ2n) is 3.17. The lowest BCUT2D eigenvalue weighted by Crippen LogP contribution is -2.12. The van der Waals surface area contributed by atoms with Gasteiger partial charge in [0.15, 0.2) is 0 Å². The molecular weight excluding hydrogens is 226 g/mol. The van der Waals surface area contributed by atoms with Crippen molar-refractivity contribution < 1.29 is 0 Å². The average molecular weight is 236 g/mol. The Kier molecular flexibility index (Phi) is 2.28. The average Bonchev–Trinajstić information content (AvgIpc) is 2.18. The van der Waals surface area contributed by atoms with Crippen molar-refractivity contribution in [1.82, 2.24) is 0 Å². The molecule has 0 saturated heterocycles. The first kappa shape index (κ1) is 8.65. The van der Waals surface area contributed by atoms with E-state index >= 15 is 0 Å². The van der Waals surface area contributed by atoms with Gasteiger partial charge in [-0.3, -0.25) is 0 Å². The molecule has 1 N–H and O–H groups in total. The Labute approximate surface area is 86.7 Å². The van der Waals surface area contributed by atoms with Crippen LogP contribution in [0.2, 0.25) is 0 Å². The maximum atomic E-state index is 5.36. The molecule has 1 heterocycles. The molecule has 1 aromatic rings. The minimum atomic E-state index is 0.953. The van der Waals surface area contributed by atoms with Crippen LogP contribution in [0.4, 0.5) is 5.69 Å². The quantitative estimate of drug-likeness (QED) is 0.683. The maximum absolute atomic E-state index is 5.36. The number of anilines is 1. The van der Waals surface area contributed by atoms with Crippen LogP contribution in [0.25, 0.3) is 0 Å². The largest absolute Gasteiger partial charge is 0.384 e. The van der Waals surface area contributed by atoms with Crippen LogP contribution >= 0.6 is 15.9 Å². The number of hydrogen-bond donors (Lipinski definition) is 1. The van der Waals surface area contributed by atoms with Crippen molar-refractivity contribution in [1.29, 1.82) is 0 Å². The Morgan fingerprint density at radius 1 is 1.46 bits per heavy atom. The predicted molar refractivity (Wildman–Crippen MR) is 58.9 cm³/mol. The molecule has 2 heteroatoms. The van der Waals surface area contributed by atoms with Gasteiger partial charge >= 0.3 is 0 Å². The highest BCUT2D eigenvalue weighted by atomic mass is 79.9. The summed E-state index contributed by atoms with van der Waals surface area (Å²) in [5, 5.41) is 3.37. The van der Waals surface area contributed by atoms with Crippen LogP contribution in [-0.4, -0.2) is 6.54 Å². The number of fused-ring (bicyclic) bond motifs is 1. The Bertz CT molecular complexity index is 376. The monoisotopic (exact) mass is 235 g/mol. The molecule has 13 heavy (non-hydrogen) atoms. The maximum Gasteiger partial charge on any atom is 0.0518 e. The normalized spacial score (nSPS) is 14.2. The number of halogens is 1. The van der Waals surface area contributed by atoms with Crippen LogP contribution in [-0.2, 0) is 6.42 Å². The fraction of sp³-hybridized carbons (Fsp3) is 0.273. The highest BCUT2D eigenvalue weighted by molar-refractivity contribution is 9.10. The molecule has 0 unspecified atom stereocenters. The minimum absolute atomic E-state index is 0.953. The SMILES string of the molecule is C#Cc1cc(Br)c2c(c1)CCCN2. The lowest BCUT2D eigenvalue weighted by atomic mass is 10.0. The predicted octanol–water partition coefficient (Wildman–Crippen LogP) is 2.79. The number of aryl methyl sites for hydroxylation is 1. The smallest absolute Gasteiger partial charge is 0.0518 e. The third-order valence-electron chi connectivity index (χ3n) is 2.26. The fourth-order valence-corrected chi connectivity index (χ4v) is 2.28. The summed E-state index contributed by atoms with van der Waals surface area (Å²) < 4.78 is 1.08. The standard InChI is InChI=1S/C11H10BrN/c1-2-8-6-9-4-3-5-13-11(9)10(12)7-8/h1,6-7,13H,3-5H2. The van der Waals surface area contributed by atoms with Gasteiger partial charge in [-0.15, -0.1) is 6.42 Å². The molecule has 0 radical (unpaired) electrons. The molecule has 0 bridgehead atoms. The topological polar surface area (TPSA) is 12.0 Å². The van der Waals surface area contributed by atoms with Crippen molar-refractivity contribution >= 4 is 21.6 Å². The van der Waals surface area contributed by atoms with Gasteiger partial charge in [0.25, 0.3) is 0 Å². The molecule has 0 fully saturated rings. The summed E-state index contributed by atoms with van der Waals surface area (Å²) in [7, 11) is 0. The van der Waals surface area contributed by atoms with Crippen molar-refractivity contribution in [3.63, 3.8) is 0 Å². The Hall–Kier alpha value is -0.940. The minimum Gasteiger partial charge on any atom is -0.384 e. The zero-order valence-corrected chi connectivity index (χ0v) is 8.82. The molecule has 1 aliphatic heterocycles. The van der Waals surface area contributed by atoms with Gasteiger partial charge in [-0.25, -0.2) is 0 Å². The number of benzene rings is 1. The van der Waals surface area contributed by atoms with Gasteiger partial charge in [-0.2, -0.15) is 0 Å². The van der Waals surface area contributed by atoms with E-state index < -0.39 is 0 Å². The summed E-state index contributed by atoms with van der Waals surface area (Å²) in [6.07, 6.45) is 7.67. The lowest BCUT2D eigenvalue weighted by molar-refractivity contribution is 0.828. The summed E-state index contributed by atoms with van der Waals surface area (Å²) >= 11 is 3.52. The van der Waals surface area contributed by atoms with Gasteiger partial charge in [0.2, 0.25) is 0 Å². The summed E-state index contributed by atoms with van der Waals surface area (Å²) in [6.45, 7) is 1.06. The van der Waals surface area contributed by atoms with Crippen molar-refractivity contribution in [3.05, 3.63) is 27.7 Å². The van der Waals surface area contributed by atoms with E-state index in [-0.39, 0.29) is 0 Å². The fourth-order valence-electron chi connectivity index (χ4n) is 1.63. The first-order valence-corrected chi connectivity index (χ1v) is 5.13. The van der Waals surface area contributed by atoms with E-state index in [2.05, 4.69) is 33.2 Å². The van der Waals surface area contributed by atoms with E-state index in [1.807, 2.05) is 6.07 Å². The Balaban J connectivity index is 2.54. The number of hydrogen-bond acceptors (Lipinski definition) is 1. The molecular formula is C11H10BrN. The number of rotatable bonds is 0. The molecule has 2 rings (SSSR count). The Morgan fingerprint density at radius 2 is 2.31 bits per heavy atom. The lowest BCUT2D eigenvalue weighted by Gasteiger charge is -2.19. The van der Waals surface area contributed by atoms with E-state index in [0.29, 0.717) is 0 Å².